The van der Waals surface area contributed by atoms with E-state index in [0.717, 1.165) is 53.2 Å². The van der Waals surface area contributed by atoms with Crippen LogP contribution in [0.4, 0.5) is 0 Å². The van der Waals surface area contributed by atoms with E-state index in [1.165, 1.54) is 0 Å². The van der Waals surface area contributed by atoms with Crippen LogP contribution >= 0.6 is 11.6 Å². The number of fused-ring (bicyclic) bond motifs is 2. The highest BCUT2D eigenvalue weighted by atomic mass is 35.5. The predicted octanol–water partition coefficient (Wildman–Crippen LogP) is 3.55. The van der Waals surface area contributed by atoms with Gasteiger partial charge >= 0.3 is 0 Å². The van der Waals surface area contributed by atoms with E-state index in [1.807, 2.05) is 30.3 Å². The van der Waals surface area contributed by atoms with Crippen LogP contribution in [0.3, 0.4) is 0 Å². The van der Waals surface area contributed by atoms with Gasteiger partial charge in [0.1, 0.15) is 10.9 Å². The molecule has 4 nitrogen and oxygen atoms in total. The van der Waals surface area contributed by atoms with Gasteiger partial charge in [-0.25, -0.2) is 9.50 Å². The number of methoxy groups -OCH3 is 1. The molecule has 2 aromatic heterocycles. The summed E-state index contributed by atoms with van der Waals surface area (Å²) in [6.45, 7) is 0. The van der Waals surface area contributed by atoms with Crippen LogP contribution in [0.5, 0.6) is 5.75 Å². The number of aromatic nitrogens is 3. The predicted molar refractivity (Wildman–Crippen MR) is 82.0 cm³/mol. The lowest BCUT2D eigenvalue weighted by Gasteiger charge is -2.03. The summed E-state index contributed by atoms with van der Waals surface area (Å²) in [5.74, 6) is 0.831. The summed E-state index contributed by atoms with van der Waals surface area (Å²) in [4.78, 5) is 4.69. The number of nitrogens with zero attached hydrogens (tertiary/aromatic N) is 3. The van der Waals surface area contributed by atoms with Crippen molar-refractivity contribution in [2.75, 3.05) is 7.11 Å². The number of rotatable bonds is 2. The van der Waals surface area contributed by atoms with Crippen LogP contribution < -0.4 is 4.74 Å². The van der Waals surface area contributed by atoms with Crippen molar-refractivity contribution in [2.45, 2.75) is 19.3 Å². The minimum atomic E-state index is 0.701. The average Bonchev–Trinajstić information content (AvgIpc) is 3.14. The summed E-state index contributed by atoms with van der Waals surface area (Å²) < 4.78 is 6.92. The maximum absolute atomic E-state index is 6.48. The quantitative estimate of drug-likeness (QED) is 0.679. The second kappa shape index (κ2) is 4.74. The summed E-state index contributed by atoms with van der Waals surface area (Å²) in [5, 5.41) is 5.30. The van der Waals surface area contributed by atoms with Crippen molar-refractivity contribution in [1.29, 1.82) is 0 Å². The molecule has 0 spiro atoms. The number of hydrogen-bond donors (Lipinski definition) is 0. The van der Waals surface area contributed by atoms with Gasteiger partial charge in [0.2, 0.25) is 0 Å². The molecule has 0 radical (unpaired) electrons. The van der Waals surface area contributed by atoms with Crippen LogP contribution in [-0.4, -0.2) is 21.7 Å². The highest BCUT2D eigenvalue weighted by molar-refractivity contribution is 6.30. The molecule has 0 bridgehead atoms. The van der Waals surface area contributed by atoms with Crippen molar-refractivity contribution in [3.8, 4) is 17.0 Å². The first-order valence-corrected chi connectivity index (χ1v) is 7.35. The summed E-state index contributed by atoms with van der Waals surface area (Å²) in [6, 6.07) is 9.80. The van der Waals surface area contributed by atoms with Gasteiger partial charge in [-0.15, -0.1) is 0 Å². The van der Waals surface area contributed by atoms with Crippen LogP contribution in [0.2, 0.25) is 5.15 Å². The van der Waals surface area contributed by atoms with Crippen molar-refractivity contribution in [3.63, 3.8) is 0 Å². The molecular formula is C16H14ClN3O. The van der Waals surface area contributed by atoms with Crippen LogP contribution in [-0.2, 0) is 12.8 Å². The summed E-state index contributed by atoms with van der Waals surface area (Å²) in [6.07, 6.45) is 3.13. The fourth-order valence-electron chi connectivity index (χ4n) is 2.84. The van der Waals surface area contributed by atoms with Crippen LogP contribution in [0.15, 0.2) is 30.3 Å². The van der Waals surface area contributed by atoms with E-state index in [2.05, 4.69) is 10.1 Å². The van der Waals surface area contributed by atoms with Crippen LogP contribution in [0.25, 0.3) is 16.9 Å². The zero-order chi connectivity index (χ0) is 14.4. The molecule has 0 amide bonds. The third kappa shape index (κ3) is 1.98. The van der Waals surface area contributed by atoms with Crippen molar-refractivity contribution >= 4 is 17.2 Å². The number of hydrogen-bond acceptors (Lipinski definition) is 3. The second-order valence-corrected chi connectivity index (χ2v) is 5.57. The van der Waals surface area contributed by atoms with Gasteiger partial charge in [0, 0.05) is 22.9 Å². The summed E-state index contributed by atoms with van der Waals surface area (Å²) in [5.41, 5.74) is 4.97. The first-order chi connectivity index (χ1) is 10.3. The number of halogens is 1. The molecule has 1 aliphatic carbocycles. The van der Waals surface area contributed by atoms with Gasteiger partial charge in [0.25, 0.3) is 0 Å². The molecule has 2 heterocycles. The highest BCUT2D eigenvalue weighted by Crippen LogP contribution is 2.30. The zero-order valence-corrected chi connectivity index (χ0v) is 12.4. The Balaban J connectivity index is 1.85. The maximum Gasteiger partial charge on any atom is 0.157 e. The molecule has 106 valence electrons. The lowest BCUT2D eigenvalue weighted by Crippen LogP contribution is -1.99. The Morgan fingerprint density at radius 2 is 2.00 bits per heavy atom. The molecule has 5 heteroatoms. The molecule has 0 atom stereocenters. The molecule has 0 fully saturated rings. The number of aryl methyl sites for hydroxylation is 1. The Hall–Kier alpha value is -2.07. The molecule has 1 aromatic carbocycles. The lowest BCUT2D eigenvalue weighted by molar-refractivity contribution is 0.415. The third-order valence-electron chi connectivity index (χ3n) is 3.95. The first kappa shape index (κ1) is 12.7. The topological polar surface area (TPSA) is 39.4 Å². The van der Waals surface area contributed by atoms with Crippen molar-refractivity contribution in [1.82, 2.24) is 14.6 Å². The molecule has 0 N–H and O–H groups in total. The summed E-state index contributed by atoms with van der Waals surface area (Å²) >= 11 is 6.48. The molecule has 0 unspecified atom stereocenters. The SMILES string of the molecule is COc1ccc(-c2cc3nc4c(c(Cl)n3n2)CCC4)cc1. The Labute approximate surface area is 127 Å². The molecule has 3 aromatic rings. The van der Waals surface area contributed by atoms with E-state index in [9.17, 15) is 0 Å². The fourth-order valence-corrected chi connectivity index (χ4v) is 3.17. The third-order valence-corrected chi connectivity index (χ3v) is 4.34. The van der Waals surface area contributed by atoms with E-state index in [-0.39, 0.29) is 0 Å². The van der Waals surface area contributed by atoms with Gasteiger partial charge in [-0.05, 0) is 43.5 Å². The number of ether oxygens (including phenoxy) is 1. The van der Waals surface area contributed by atoms with Crippen molar-refractivity contribution < 1.29 is 4.74 Å². The standard InChI is InChI=1S/C16H14ClN3O/c1-21-11-7-5-10(6-8-11)14-9-15-18-13-4-2-3-12(13)16(17)20(15)19-14/h5-9H,2-4H2,1H3. The van der Waals surface area contributed by atoms with Crippen LogP contribution in [0, 0.1) is 0 Å². The highest BCUT2D eigenvalue weighted by Gasteiger charge is 2.20. The van der Waals surface area contributed by atoms with E-state index in [1.54, 1.807) is 11.6 Å². The Bertz CT molecular complexity index is 824. The van der Waals surface area contributed by atoms with Gasteiger partial charge in [-0.2, -0.15) is 5.10 Å². The van der Waals surface area contributed by atoms with E-state index >= 15 is 0 Å². The lowest BCUT2D eigenvalue weighted by atomic mass is 10.1. The van der Waals surface area contributed by atoms with E-state index < -0.39 is 0 Å². The van der Waals surface area contributed by atoms with Crippen molar-refractivity contribution in [2.24, 2.45) is 0 Å². The second-order valence-electron chi connectivity index (χ2n) is 5.21. The smallest absolute Gasteiger partial charge is 0.157 e. The number of benzene rings is 1. The maximum atomic E-state index is 6.48. The van der Waals surface area contributed by atoms with Gasteiger partial charge in [-0.1, -0.05) is 11.6 Å². The van der Waals surface area contributed by atoms with Crippen molar-refractivity contribution in [3.05, 3.63) is 46.7 Å². The Morgan fingerprint density at radius 3 is 2.76 bits per heavy atom. The van der Waals surface area contributed by atoms with Gasteiger partial charge in [0.15, 0.2) is 5.65 Å². The minimum absolute atomic E-state index is 0.701. The molecular weight excluding hydrogens is 286 g/mol. The fraction of sp³-hybridized carbons (Fsp3) is 0.250. The molecule has 4 rings (SSSR count). The Kier molecular flexibility index (Phi) is 2.86. The monoisotopic (exact) mass is 299 g/mol. The molecule has 0 aliphatic heterocycles. The largest absolute Gasteiger partial charge is 0.497 e. The molecule has 1 aliphatic rings. The molecule has 0 saturated carbocycles. The van der Waals surface area contributed by atoms with E-state index in [0.29, 0.717) is 5.15 Å². The van der Waals surface area contributed by atoms with Crippen LogP contribution in [0.1, 0.15) is 17.7 Å². The minimum Gasteiger partial charge on any atom is -0.497 e. The first-order valence-electron chi connectivity index (χ1n) is 6.98. The van der Waals surface area contributed by atoms with E-state index in [4.69, 9.17) is 16.3 Å². The zero-order valence-electron chi connectivity index (χ0n) is 11.6. The van der Waals surface area contributed by atoms with Gasteiger partial charge < -0.3 is 4.74 Å². The van der Waals surface area contributed by atoms with Gasteiger partial charge in [-0.3, -0.25) is 0 Å². The van der Waals surface area contributed by atoms with Gasteiger partial charge in [0.05, 0.1) is 12.8 Å². The average molecular weight is 300 g/mol. The molecule has 0 saturated heterocycles. The Morgan fingerprint density at radius 1 is 1.19 bits per heavy atom. The summed E-state index contributed by atoms with van der Waals surface area (Å²) in [7, 11) is 1.66. The molecule has 21 heavy (non-hydrogen) atoms. The normalized spacial score (nSPS) is 13.6.